The third-order valence-electron chi connectivity index (χ3n) is 1.35. The summed E-state index contributed by atoms with van der Waals surface area (Å²) in [5.74, 6) is 0.0950. The molecule has 1 rings (SSSR count). The van der Waals surface area contributed by atoms with Gasteiger partial charge >= 0.3 is 5.97 Å². The van der Waals surface area contributed by atoms with Crippen LogP contribution in [0.25, 0.3) is 0 Å². The number of ether oxygens (including phenoxy) is 1. The number of benzene rings is 1. The summed E-state index contributed by atoms with van der Waals surface area (Å²) in [7, 11) is 0. The lowest BCUT2D eigenvalue weighted by molar-refractivity contribution is -0.129. The molecule has 14 heavy (non-hydrogen) atoms. The van der Waals surface area contributed by atoms with Gasteiger partial charge in [0.15, 0.2) is 5.75 Å². The fourth-order valence-corrected chi connectivity index (χ4v) is 2.74. The fraction of sp³-hybridized carbons (Fsp3) is 0. The molecule has 1 aromatic rings. The highest BCUT2D eigenvalue weighted by Gasteiger charge is 2.10. The van der Waals surface area contributed by atoms with Gasteiger partial charge in [0.2, 0.25) is 0 Å². The van der Waals surface area contributed by atoms with Crippen LogP contribution in [0.3, 0.4) is 0 Å². The molecule has 0 saturated carbocycles. The Balaban J connectivity index is 3.08. The summed E-state index contributed by atoms with van der Waals surface area (Å²) in [4.78, 5) is 11.0. The van der Waals surface area contributed by atoms with E-state index < -0.39 is 5.97 Å². The minimum Gasteiger partial charge on any atom is -0.508 e. The first-order valence-electron chi connectivity index (χ1n) is 3.57. The van der Waals surface area contributed by atoms with E-state index >= 15 is 0 Å². The molecule has 0 aliphatic heterocycles. The lowest BCUT2D eigenvalue weighted by Crippen LogP contribution is -2.05. The van der Waals surface area contributed by atoms with Gasteiger partial charge in [-0.15, -0.1) is 0 Å². The molecule has 5 heteroatoms. The van der Waals surface area contributed by atoms with E-state index in [1.807, 2.05) is 45.2 Å². The molecule has 74 valence electrons. The Morgan fingerprint density at radius 2 is 1.93 bits per heavy atom. The van der Waals surface area contributed by atoms with Crippen molar-refractivity contribution in [3.8, 4) is 11.5 Å². The van der Waals surface area contributed by atoms with Crippen LogP contribution in [0.1, 0.15) is 0 Å². The molecule has 1 aromatic carbocycles. The minimum absolute atomic E-state index is 0.150. The van der Waals surface area contributed by atoms with Gasteiger partial charge in [-0.1, -0.05) is 6.58 Å². The Morgan fingerprint density at radius 1 is 1.43 bits per heavy atom. The highest BCUT2D eigenvalue weighted by atomic mass is 127. The van der Waals surface area contributed by atoms with Gasteiger partial charge in [0.25, 0.3) is 0 Å². The molecule has 0 atom stereocenters. The van der Waals surface area contributed by atoms with Crippen LogP contribution in [-0.2, 0) is 4.79 Å². The standard InChI is InChI=1S/C9H6I2O3/c1-2-8(13)14-9-6(10)3-5(12)4-7(9)11/h2-4,12H,1H2. The van der Waals surface area contributed by atoms with Crippen LogP contribution in [0.15, 0.2) is 24.8 Å². The number of hydrogen-bond donors (Lipinski definition) is 1. The molecule has 0 amide bonds. The van der Waals surface area contributed by atoms with Crippen molar-refractivity contribution in [1.29, 1.82) is 0 Å². The predicted molar refractivity (Wildman–Crippen MR) is 69.4 cm³/mol. The summed E-state index contributed by atoms with van der Waals surface area (Å²) in [6.45, 7) is 3.30. The normalized spacial score (nSPS) is 9.57. The van der Waals surface area contributed by atoms with Crippen molar-refractivity contribution in [2.75, 3.05) is 0 Å². The van der Waals surface area contributed by atoms with Crippen molar-refractivity contribution in [1.82, 2.24) is 0 Å². The van der Waals surface area contributed by atoms with Gasteiger partial charge in [-0.2, -0.15) is 0 Å². The van der Waals surface area contributed by atoms with Gasteiger partial charge in [0, 0.05) is 6.08 Å². The van der Waals surface area contributed by atoms with Crippen molar-refractivity contribution in [3.05, 3.63) is 31.9 Å². The monoisotopic (exact) mass is 416 g/mol. The van der Waals surface area contributed by atoms with E-state index in [9.17, 15) is 9.90 Å². The number of phenols is 1. The topological polar surface area (TPSA) is 46.5 Å². The van der Waals surface area contributed by atoms with Crippen molar-refractivity contribution >= 4 is 51.2 Å². The summed E-state index contributed by atoms with van der Waals surface area (Å²) < 4.78 is 6.36. The second kappa shape index (κ2) is 4.96. The number of rotatable bonds is 2. The van der Waals surface area contributed by atoms with Gasteiger partial charge in [0.05, 0.1) is 7.14 Å². The summed E-state index contributed by atoms with van der Waals surface area (Å²) in [6, 6.07) is 3.04. The Kier molecular flexibility index (Phi) is 4.17. The molecule has 0 radical (unpaired) electrons. The number of phenolic OH excluding ortho intramolecular Hbond substituents is 1. The molecule has 0 aromatic heterocycles. The number of aromatic hydroxyl groups is 1. The molecular formula is C9H6I2O3. The maximum absolute atomic E-state index is 11.0. The number of halogens is 2. The third-order valence-corrected chi connectivity index (χ3v) is 2.95. The average Bonchev–Trinajstić information content (AvgIpc) is 2.10. The highest BCUT2D eigenvalue weighted by Crippen LogP contribution is 2.31. The van der Waals surface area contributed by atoms with Crippen LogP contribution in [0, 0.1) is 7.14 Å². The maximum atomic E-state index is 11.0. The lowest BCUT2D eigenvalue weighted by Gasteiger charge is -2.07. The first-order chi connectivity index (χ1) is 6.54. The maximum Gasteiger partial charge on any atom is 0.335 e. The average molecular weight is 416 g/mol. The highest BCUT2D eigenvalue weighted by molar-refractivity contribution is 14.1. The number of carbonyl (C=O) groups is 1. The number of hydrogen-bond acceptors (Lipinski definition) is 3. The molecule has 0 unspecified atom stereocenters. The molecule has 1 N–H and O–H groups in total. The van der Waals surface area contributed by atoms with Crippen molar-refractivity contribution in [2.24, 2.45) is 0 Å². The molecule has 0 aliphatic rings. The van der Waals surface area contributed by atoms with Gasteiger partial charge in [-0.3, -0.25) is 0 Å². The second-order valence-corrected chi connectivity index (χ2v) is 4.69. The minimum atomic E-state index is -0.508. The predicted octanol–water partition coefficient (Wildman–Crippen LogP) is 2.69. The van der Waals surface area contributed by atoms with Crippen molar-refractivity contribution in [3.63, 3.8) is 0 Å². The number of esters is 1. The Hall–Kier alpha value is -0.310. The van der Waals surface area contributed by atoms with E-state index in [-0.39, 0.29) is 5.75 Å². The fourth-order valence-electron chi connectivity index (χ4n) is 0.786. The quantitative estimate of drug-likeness (QED) is 0.349. The van der Waals surface area contributed by atoms with Crippen LogP contribution < -0.4 is 4.74 Å². The van der Waals surface area contributed by atoms with Gasteiger partial charge in [0.1, 0.15) is 5.75 Å². The molecule has 0 fully saturated rings. The van der Waals surface area contributed by atoms with Gasteiger partial charge < -0.3 is 9.84 Å². The Bertz CT molecular complexity index is 365. The largest absolute Gasteiger partial charge is 0.508 e. The van der Waals surface area contributed by atoms with Crippen LogP contribution in [0.5, 0.6) is 11.5 Å². The Morgan fingerprint density at radius 3 is 2.36 bits per heavy atom. The zero-order valence-electron chi connectivity index (χ0n) is 6.96. The second-order valence-electron chi connectivity index (χ2n) is 2.36. The van der Waals surface area contributed by atoms with Crippen molar-refractivity contribution < 1.29 is 14.6 Å². The van der Waals surface area contributed by atoms with E-state index in [1.54, 1.807) is 0 Å². The van der Waals surface area contributed by atoms with E-state index in [1.165, 1.54) is 12.1 Å². The molecule has 0 aliphatic carbocycles. The molecule has 3 nitrogen and oxygen atoms in total. The van der Waals surface area contributed by atoms with Crippen LogP contribution >= 0.6 is 45.2 Å². The molecular weight excluding hydrogens is 410 g/mol. The van der Waals surface area contributed by atoms with Crippen LogP contribution in [0.4, 0.5) is 0 Å². The SMILES string of the molecule is C=CC(=O)Oc1c(I)cc(O)cc1I. The summed E-state index contributed by atoms with van der Waals surface area (Å²) in [5, 5.41) is 9.24. The lowest BCUT2D eigenvalue weighted by atomic mass is 10.3. The van der Waals surface area contributed by atoms with Gasteiger partial charge in [-0.25, -0.2) is 4.79 Å². The molecule has 0 heterocycles. The summed E-state index contributed by atoms with van der Waals surface area (Å²) in [6.07, 6.45) is 1.10. The van der Waals surface area contributed by atoms with Crippen molar-refractivity contribution in [2.45, 2.75) is 0 Å². The van der Waals surface area contributed by atoms with E-state index in [2.05, 4.69) is 6.58 Å². The first kappa shape index (κ1) is 11.8. The Labute approximate surface area is 108 Å². The van der Waals surface area contributed by atoms with E-state index in [4.69, 9.17) is 4.74 Å². The van der Waals surface area contributed by atoms with E-state index in [0.29, 0.717) is 12.9 Å². The van der Waals surface area contributed by atoms with Crippen LogP contribution in [-0.4, -0.2) is 11.1 Å². The third kappa shape index (κ3) is 2.84. The first-order valence-corrected chi connectivity index (χ1v) is 5.72. The smallest absolute Gasteiger partial charge is 0.335 e. The molecule has 0 spiro atoms. The summed E-state index contributed by atoms with van der Waals surface area (Å²) >= 11 is 3.97. The molecule has 0 saturated heterocycles. The number of carbonyl (C=O) groups excluding carboxylic acids is 1. The molecule has 0 bridgehead atoms. The summed E-state index contributed by atoms with van der Waals surface area (Å²) in [5.41, 5.74) is 0. The van der Waals surface area contributed by atoms with E-state index in [0.717, 1.165) is 6.08 Å². The zero-order valence-corrected chi connectivity index (χ0v) is 11.3. The van der Waals surface area contributed by atoms with Crippen LogP contribution in [0.2, 0.25) is 0 Å². The van der Waals surface area contributed by atoms with Gasteiger partial charge in [-0.05, 0) is 57.3 Å². The zero-order chi connectivity index (χ0) is 10.7.